The van der Waals surface area contributed by atoms with Crippen LogP contribution < -0.4 is 10.6 Å². The smallest absolute Gasteiger partial charge is 0.293 e. The Hall–Kier alpha value is -2.15. The second-order valence-electron chi connectivity index (χ2n) is 9.19. The molecule has 7 nitrogen and oxygen atoms in total. The summed E-state index contributed by atoms with van der Waals surface area (Å²) >= 11 is 0. The van der Waals surface area contributed by atoms with Crippen molar-refractivity contribution in [2.75, 3.05) is 31.1 Å². The van der Waals surface area contributed by atoms with Crippen molar-refractivity contribution in [1.82, 2.24) is 4.90 Å². The normalized spacial score (nSPS) is 32.5. The molecule has 0 radical (unpaired) electrons. The molecular weight excluding hydrogens is 356 g/mol. The van der Waals surface area contributed by atoms with Gasteiger partial charge in [-0.1, -0.05) is 13.8 Å². The van der Waals surface area contributed by atoms with Crippen LogP contribution in [0.1, 0.15) is 43.5 Å². The van der Waals surface area contributed by atoms with E-state index in [0.717, 1.165) is 32.4 Å². The van der Waals surface area contributed by atoms with Crippen molar-refractivity contribution < 1.29 is 9.72 Å². The SMILES string of the molecule is CC1CC(C)CN(c2ccc(C(=O)N3CC4CCC(N)C4C3)cc2[N+](=O)[O-])C1. The molecule has 1 aliphatic carbocycles. The van der Waals surface area contributed by atoms with Crippen molar-refractivity contribution in [3.05, 3.63) is 33.9 Å². The first kappa shape index (κ1) is 19.2. The van der Waals surface area contributed by atoms with Crippen molar-refractivity contribution in [3.63, 3.8) is 0 Å². The third-order valence-corrected chi connectivity index (χ3v) is 6.83. The van der Waals surface area contributed by atoms with Gasteiger partial charge >= 0.3 is 0 Å². The first-order valence-corrected chi connectivity index (χ1v) is 10.4. The zero-order valence-corrected chi connectivity index (χ0v) is 16.7. The number of benzene rings is 1. The van der Waals surface area contributed by atoms with Gasteiger partial charge in [-0.05, 0) is 55.1 Å². The highest BCUT2D eigenvalue weighted by atomic mass is 16.6. The fourth-order valence-electron chi connectivity index (χ4n) is 5.59. The van der Waals surface area contributed by atoms with Gasteiger partial charge in [0.05, 0.1) is 4.92 Å². The molecule has 5 atom stereocenters. The van der Waals surface area contributed by atoms with Gasteiger partial charge in [-0.15, -0.1) is 0 Å². The number of nitro benzene ring substituents is 1. The second-order valence-corrected chi connectivity index (χ2v) is 9.19. The molecule has 1 aromatic rings. The third kappa shape index (κ3) is 3.48. The van der Waals surface area contributed by atoms with Gasteiger partial charge in [-0.2, -0.15) is 0 Å². The summed E-state index contributed by atoms with van der Waals surface area (Å²) < 4.78 is 0. The number of hydrogen-bond donors (Lipinski definition) is 1. The van der Waals surface area contributed by atoms with Crippen LogP contribution in [0.25, 0.3) is 0 Å². The number of hydrogen-bond acceptors (Lipinski definition) is 5. The highest BCUT2D eigenvalue weighted by Gasteiger charge is 2.42. The van der Waals surface area contributed by atoms with Gasteiger partial charge in [0, 0.05) is 43.9 Å². The summed E-state index contributed by atoms with van der Waals surface area (Å²) in [6.07, 6.45) is 3.24. The van der Waals surface area contributed by atoms with Gasteiger partial charge < -0.3 is 15.5 Å². The lowest BCUT2D eigenvalue weighted by Crippen LogP contribution is -2.39. The van der Waals surface area contributed by atoms with Gasteiger partial charge in [0.2, 0.25) is 0 Å². The monoisotopic (exact) mass is 386 g/mol. The highest BCUT2D eigenvalue weighted by Crippen LogP contribution is 2.38. The minimum Gasteiger partial charge on any atom is -0.365 e. The number of carbonyl (C=O) groups excluding carboxylic acids is 1. The minimum atomic E-state index is -0.356. The number of amides is 1. The number of nitro groups is 1. The second kappa shape index (κ2) is 7.35. The predicted octanol–water partition coefficient (Wildman–Crippen LogP) is 2.89. The summed E-state index contributed by atoms with van der Waals surface area (Å²) in [5.74, 6) is 1.73. The quantitative estimate of drug-likeness (QED) is 0.637. The lowest BCUT2D eigenvalue weighted by Gasteiger charge is -2.36. The summed E-state index contributed by atoms with van der Waals surface area (Å²) in [7, 11) is 0. The fourth-order valence-corrected chi connectivity index (χ4v) is 5.59. The molecule has 2 heterocycles. The average molecular weight is 386 g/mol. The molecule has 28 heavy (non-hydrogen) atoms. The van der Waals surface area contributed by atoms with Gasteiger partial charge in [-0.25, -0.2) is 0 Å². The molecule has 0 aromatic heterocycles. The Kier molecular flexibility index (Phi) is 5.04. The van der Waals surface area contributed by atoms with Crippen molar-refractivity contribution in [2.45, 2.75) is 39.2 Å². The number of rotatable bonds is 3. The molecule has 0 bridgehead atoms. The Morgan fingerprint density at radius 2 is 1.86 bits per heavy atom. The number of likely N-dealkylation sites (tertiary alicyclic amines) is 1. The van der Waals surface area contributed by atoms with Gasteiger partial charge in [0.15, 0.2) is 0 Å². The van der Waals surface area contributed by atoms with Crippen molar-refractivity contribution >= 4 is 17.3 Å². The maximum Gasteiger partial charge on any atom is 0.293 e. The van der Waals surface area contributed by atoms with E-state index in [0.29, 0.717) is 48.0 Å². The molecule has 1 aromatic carbocycles. The van der Waals surface area contributed by atoms with Crippen LogP contribution in [-0.4, -0.2) is 48.0 Å². The van der Waals surface area contributed by atoms with E-state index in [2.05, 4.69) is 18.7 Å². The molecule has 7 heteroatoms. The van der Waals surface area contributed by atoms with Crippen LogP contribution in [0.4, 0.5) is 11.4 Å². The van der Waals surface area contributed by atoms with E-state index < -0.39 is 0 Å². The molecule has 1 saturated carbocycles. The van der Waals surface area contributed by atoms with Crippen molar-refractivity contribution in [3.8, 4) is 0 Å². The molecule has 1 amide bonds. The van der Waals surface area contributed by atoms with Crippen molar-refractivity contribution in [2.24, 2.45) is 29.4 Å². The molecule has 2 aliphatic heterocycles. The van der Waals surface area contributed by atoms with E-state index in [1.807, 2.05) is 4.90 Å². The molecule has 5 unspecified atom stereocenters. The zero-order chi connectivity index (χ0) is 20.0. The van der Waals surface area contributed by atoms with Crippen LogP contribution in [0, 0.1) is 33.8 Å². The number of fused-ring (bicyclic) bond motifs is 1. The number of anilines is 1. The van der Waals surface area contributed by atoms with Gasteiger partial charge in [0.25, 0.3) is 11.6 Å². The number of nitrogens with two attached hydrogens (primary N) is 1. The van der Waals surface area contributed by atoms with Crippen LogP contribution >= 0.6 is 0 Å². The van der Waals surface area contributed by atoms with Crippen LogP contribution in [0.5, 0.6) is 0 Å². The Balaban J connectivity index is 1.57. The molecule has 152 valence electrons. The number of nitrogens with zero attached hydrogens (tertiary/aromatic N) is 3. The van der Waals surface area contributed by atoms with Crippen LogP contribution in [-0.2, 0) is 0 Å². The summed E-state index contributed by atoms with van der Waals surface area (Å²) in [5.41, 5.74) is 7.24. The van der Waals surface area contributed by atoms with Gasteiger partial charge in [-0.3, -0.25) is 14.9 Å². The Labute approximate surface area is 166 Å². The van der Waals surface area contributed by atoms with Crippen molar-refractivity contribution in [1.29, 1.82) is 0 Å². The molecule has 0 spiro atoms. The number of carbonyl (C=O) groups is 1. The summed E-state index contributed by atoms with van der Waals surface area (Å²) in [4.78, 5) is 28.3. The summed E-state index contributed by atoms with van der Waals surface area (Å²) in [6.45, 7) is 7.37. The molecule has 4 rings (SSSR count). The largest absolute Gasteiger partial charge is 0.365 e. The number of piperidine rings is 1. The lowest BCUT2D eigenvalue weighted by molar-refractivity contribution is -0.384. The maximum absolute atomic E-state index is 13.0. The minimum absolute atomic E-state index is 0.0308. The first-order valence-electron chi connectivity index (χ1n) is 10.4. The topological polar surface area (TPSA) is 92.7 Å². The fraction of sp³-hybridized carbons (Fsp3) is 0.667. The van der Waals surface area contributed by atoms with E-state index in [1.54, 1.807) is 12.1 Å². The standard InChI is InChI=1S/C21H30N4O3/c1-13-7-14(2)10-23(9-13)19-6-4-15(8-20(19)25(27)28)21(26)24-11-16-3-5-18(22)17(16)12-24/h4,6,8,13-14,16-18H,3,5,7,9-12,22H2,1-2H3. The highest BCUT2D eigenvalue weighted by molar-refractivity contribution is 5.96. The van der Waals surface area contributed by atoms with Gasteiger partial charge in [0.1, 0.15) is 5.69 Å². The third-order valence-electron chi connectivity index (χ3n) is 6.83. The van der Waals surface area contributed by atoms with E-state index in [1.165, 1.54) is 6.07 Å². The van der Waals surface area contributed by atoms with Crippen LogP contribution in [0.3, 0.4) is 0 Å². The zero-order valence-electron chi connectivity index (χ0n) is 16.7. The Bertz CT molecular complexity index is 773. The molecular formula is C21H30N4O3. The maximum atomic E-state index is 13.0. The van der Waals surface area contributed by atoms with Crippen LogP contribution in [0.15, 0.2) is 18.2 Å². The summed E-state index contributed by atoms with van der Waals surface area (Å²) in [6, 6.07) is 5.15. The Morgan fingerprint density at radius 3 is 2.50 bits per heavy atom. The predicted molar refractivity (Wildman–Crippen MR) is 108 cm³/mol. The Morgan fingerprint density at radius 1 is 1.14 bits per heavy atom. The average Bonchev–Trinajstić information content (AvgIpc) is 3.22. The molecule has 2 saturated heterocycles. The van der Waals surface area contributed by atoms with E-state index in [-0.39, 0.29) is 22.6 Å². The van der Waals surface area contributed by atoms with E-state index >= 15 is 0 Å². The first-order chi connectivity index (χ1) is 13.3. The molecule has 3 aliphatic rings. The van der Waals surface area contributed by atoms with Crippen LogP contribution in [0.2, 0.25) is 0 Å². The molecule has 2 N–H and O–H groups in total. The van der Waals surface area contributed by atoms with E-state index in [4.69, 9.17) is 5.73 Å². The van der Waals surface area contributed by atoms with E-state index in [9.17, 15) is 14.9 Å². The molecule has 3 fully saturated rings. The lowest BCUT2D eigenvalue weighted by atomic mass is 9.91. The summed E-state index contributed by atoms with van der Waals surface area (Å²) in [5, 5.41) is 11.8.